The fourth-order valence-corrected chi connectivity index (χ4v) is 2.09. The normalized spacial score (nSPS) is 20.1. The Hall–Kier alpha value is -1.16. The quantitative estimate of drug-likeness (QED) is 0.854. The van der Waals surface area contributed by atoms with E-state index < -0.39 is 11.6 Å². The van der Waals surface area contributed by atoms with Crippen molar-refractivity contribution in [2.45, 2.75) is 12.8 Å². The first kappa shape index (κ1) is 11.3. The van der Waals surface area contributed by atoms with Crippen molar-refractivity contribution in [3.63, 3.8) is 0 Å². The zero-order chi connectivity index (χ0) is 11.5. The molecule has 1 unspecified atom stereocenters. The highest BCUT2D eigenvalue weighted by Crippen LogP contribution is 2.25. The molecule has 0 radical (unpaired) electrons. The summed E-state index contributed by atoms with van der Waals surface area (Å²) in [4.78, 5) is 0. The van der Waals surface area contributed by atoms with E-state index >= 15 is 0 Å². The van der Waals surface area contributed by atoms with Crippen LogP contribution in [-0.4, -0.2) is 20.2 Å². The molecule has 4 heteroatoms. The topological polar surface area (TPSA) is 21.3 Å². The molecule has 2 rings (SSSR count). The van der Waals surface area contributed by atoms with Crippen molar-refractivity contribution < 1.29 is 13.5 Å². The summed E-state index contributed by atoms with van der Waals surface area (Å²) in [5.74, 6) is -1.29. The van der Waals surface area contributed by atoms with Gasteiger partial charge < -0.3 is 10.1 Å². The van der Waals surface area contributed by atoms with Crippen molar-refractivity contribution in [2.24, 2.45) is 5.92 Å². The van der Waals surface area contributed by atoms with Gasteiger partial charge in [-0.05, 0) is 43.5 Å². The van der Waals surface area contributed by atoms with Crippen LogP contribution in [0.4, 0.5) is 8.78 Å². The van der Waals surface area contributed by atoms with Gasteiger partial charge in [-0.1, -0.05) is 6.07 Å². The molecule has 0 saturated carbocycles. The van der Waals surface area contributed by atoms with E-state index in [-0.39, 0.29) is 5.75 Å². The van der Waals surface area contributed by atoms with Gasteiger partial charge in [-0.3, -0.25) is 0 Å². The third kappa shape index (κ3) is 2.16. The highest BCUT2D eigenvalue weighted by atomic mass is 19.2. The fourth-order valence-electron chi connectivity index (χ4n) is 2.09. The lowest BCUT2D eigenvalue weighted by Gasteiger charge is -2.11. The third-order valence-corrected chi connectivity index (χ3v) is 3.02. The number of rotatable bonds is 3. The molecule has 1 aliphatic rings. The van der Waals surface area contributed by atoms with Crippen LogP contribution in [0.15, 0.2) is 12.1 Å². The number of benzene rings is 1. The second-order valence-corrected chi connectivity index (χ2v) is 4.12. The maximum atomic E-state index is 13.6. The monoisotopic (exact) mass is 227 g/mol. The minimum Gasteiger partial charge on any atom is -0.494 e. The molecule has 88 valence electrons. The number of hydrogen-bond donors (Lipinski definition) is 1. The highest BCUT2D eigenvalue weighted by molar-refractivity contribution is 5.31. The Bertz CT molecular complexity index is 376. The number of hydrogen-bond acceptors (Lipinski definition) is 2. The SMILES string of the molecule is COc1ccc(CC2CCNC2)c(F)c1F. The zero-order valence-corrected chi connectivity index (χ0v) is 9.22. The largest absolute Gasteiger partial charge is 0.494 e. The molecule has 1 aromatic rings. The van der Waals surface area contributed by atoms with Gasteiger partial charge >= 0.3 is 0 Å². The molecule has 16 heavy (non-hydrogen) atoms. The first-order valence-electron chi connectivity index (χ1n) is 5.44. The van der Waals surface area contributed by atoms with Crippen molar-refractivity contribution in [1.82, 2.24) is 5.32 Å². The van der Waals surface area contributed by atoms with Gasteiger partial charge in [-0.2, -0.15) is 4.39 Å². The van der Waals surface area contributed by atoms with Crippen molar-refractivity contribution in [3.05, 3.63) is 29.3 Å². The van der Waals surface area contributed by atoms with Crippen LogP contribution in [0.5, 0.6) is 5.75 Å². The maximum Gasteiger partial charge on any atom is 0.200 e. The predicted molar refractivity (Wildman–Crippen MR) is 57.6 cm³/mol. The molecule has 1 fully saturated rings. The van der Waals surface area contributed by atoms with Gasteiger partial charge in [-0.25, -0.2) is 4.39 Å². The highest BCUT2D eigenvalue weighted by Gasteiger charge is 2.19. The van der Waals surface area contributed by atoms with Gasteiger partial charge in [0, 0.05) is 0 Å². The van der Waals surface area contributed by atoms with Crippen LogP contribution in [0.1, 0.15) is 12.0 Å². The number of nitrogens with one attached hydrogen (secondary N) is 1. The summed E-state index contributed by atoms with van der Waals surface area (Å²) in [7, 11) is 1.33. The van der Waals surface area contributed by atoms with E-state index in [1.54, 1.807) is 6.07 Å². The summed E-state index contributed by atoms with van der Waals surface area (Å²) in [6.45, 7) is 1.85. The average Bonchev–Trinajstić information content (AvgIpc) is 2.78. The second-order valence-electron chi connectivity index (χ2n) is 4.12. The first-order valence-corrected chi connectivity index (χ1v) is 5.44. The van der Waals surface area contributed by atoms with E-state index in [0.29, 0.717) is 17.9 Å². The molecule has 2 nitrogen and oxygen atoms in total. The zero-order valence-electron chi connectivity index (χ0n) is 9.22. The van der Waals surface area contributed by atoms with Crippen molar-refractivity contribution in [2.75, 3.05) is 20.2 Å². The molecule has 1 N–H and O–H groups in total. The fraction of sp³-hybridized carbons (Fsp3) is 0.500. The first-order chi connectivity index (χ1) is 7.72. The summed E-state index contributed by atoms with van der Waals surface area (Å²) in [6.07, 6.45) is 1.60. The second kappa shape index (κ2) is 4.78. The molecular formula is C12H15F2NO. The molecule has 0 spiro atoms. The van der Waals surface area contributed by atoms with Gasteiger partial charge in [-0.15, -0.1) is 0 Å². The minimum absolute atomic E-state index is 0.0363. The third-order valence-electron chi connectivity index (χ3n) is 3.02. The van der Waals surface area contributed by atoms with Gasteiger partial charge in [0.15, 0.2) is 11.6 Å². The smallest absolute Gasteiger partial charge is 0.200 e. The number of ether oxygens (including phenoxy) is 1. The lowest BCUT2D eigenvalue weighted by atomic mass is 9.98. The van der Waals surface area contributed by atoms with Gasteiger partial charge in [0.2, 0.25) is 5.82 Å². The van der Waals surface area contributed by atoms with Crippen LogP contribution >= 0.6 is 0 Å². The predicted octanol–water partition coefficient (Wildman–Crippen LogP) is 2.13. The van der Waals surface area contributed by atoms with Crippen LogP contribution in [-0.2, 0) is 6.42 Å². The molecule has 1 saturated heterocycles. The van der Waals surface area contributed by atoms with Crippen LogP contribution in [0.2, 0.25) is 0 Å². The summed E-state index contributed by atoms with van der Waals surface area (Å²) >= 11 is 0. The summed E-state index contributed by atoms with van der Waals surface area (Å²) < 4.78 is 31.8. The van der Waals surface area contributed by atoms with E-state index in [0.717, 1.165) is 19.5 Å². The van der Waals surface area contributed by atoms with E-state index in [9.17, 15) is 8.78 Å². The average molecular weight is 227 g/mol. The Kier molecular flexibility index (Phi) is 3.39. The van der Waals surface area contributed by atoms with E-state index in [1.807, 2.05) is 0 Å². The Balaban J connectivity index is 2.18. The number of halogens is 2. The molecule has 1 heterocycles. The van der Waals surface area contributed by atoms with Crippen molar-refractivity contribution in [1.29, 1.82) is 0 Å². The lowest BCUT2D eigenvalue weighted by molar-refractivity contribution is 0.369. The van der Waals surface area contributed by atoms with Gasteiger partial charge in [0.25, 0.3) is 0 Å². The molecule has 1 atom stereocenters. The molecule has 0 amide bonds. The van der Waals surface area contributed by atoms with Gasteiger partial charge in [0.05, 0.1) is 7.11 Å². The van der Waals surface area contributed by atoms with Crippen molar-refractivity contribution >= 4 is 0 Å². The molecule has 0 bridgehead atoms. The molecule has 1 aliphatic heterocycles. The van der Waals surface area contributed by atoms with Gasteiger partial charge in [0.1, 0.15) is 0 Å². The minimum atomic E-state index is -0.883. The number of methoxy groups -OCH3 is 1. The summed E-state index contributed by atoms with van der Waals surface area (Å²) in [5.41, 5.74) is 0.437. The van der Waals surface area contributed by atoms with E-state index in [2.05, 4.69) is 5.32 Å². The van der Waals surface area contributed by atoms with Crippen molar-refractivity contribution in [3.8, 4) is 5.75 Å². The Morgan fingerprint density at radius 1 is 1.38 bits per heavy atom. The summed E-state index contributed by atoms with van der Waals surface area (Å²) in [6, 6.07) is 3.09. The Morgan fingerprint density at radius 3 is 2.81 bits per heavy atom. The van der Waals surface area contributed by atoms with Crippen LogP contribution in [0.3, 0.4) is 0 Å². The van der Waals surface area contributed by atoms with Crippen LogP contribution in [0.25, 0.3) is 0 Å². The lowest BCUT2D eigenvalue weighted by Crippen LogP contribution is -2.12. The molecule has 0 aliphatic carbocycles. The Morgan fingerprint density at radius 2 is 2.19 bits per heavy atom. The Labute approximate surface area is 93.6 Å². The van der Waals surface area contributed by atoms with Crippen LogP contribution in [0, 0.1) is 17.6 Å². The van der Waals surface area contributed by atoms with E-state index in [4.69, 9.17) is 4.74 Å². The molecule has 0 aromatic heterocycles. The molecular weight excluding hydrogens is 212 g/mol. The molecule has 1 aromatic carbocycles. The van der Waals surface area contributed by atoms with E-state index in [1.165, 1.54) is 13.2 Å². The standard InChI is InChI=1S/C12H15F2NO/c1-16-10-3-2-9(11(13)12(10)14)6-8-4-5-15-7-8/h2-3,8,15H,4-7H2,1H3. The van der Waals surface area contributed by atoms with Crippen LogP contribution < -0.4 is 10.1 Å². The summed E-state index contributed by atoms with van der Waals surface area (Å²) in [5, 5.41) is 3.21. The maximum absolute atomic E-state index is 13.6.